The van der Waals surface area contributed by atoms with E-state index in [1.54, 1.807) is 0 Å². The van der Waals surface area contributed by atoms with Crippen LogP contribution in [0.2, 0.25) is 0 Å². The summed E-state index contributed by atoms with van der Waals surface area (Å²) in [5.41, 5.74) is 0.0407. The van der Waals surface area contributed by atoms with Crippen molar-refractivity contribution >= 4 is 0 Å². The number of ether oxygens (including phenoxy) is 2. The molecule has 0 N–H and O–H groups in total. The van der Waals surface area contributed by atoms with Gasteiger partial charge in [0.05, 0.1) is 12.2 Å². The minimum Gasteiger partial charge on any atom is -0.350 e. The molecule has 1 fully saturated rings. The molecule has 0 spiro atoms. The van der Waals surface area contributed by atoms with Crippen LogP contribution >= 0.6 is 0 Å². The Morgan fingerprint density at radius 1 is 0.938 bits per heavy atom. The van der Waals surface area contributed by atoms with Crippen LogP contribution in [0.4, 0.5) is 0 Å². The van der Waals surface area contributed by atoms with Crippen LogP contribution in [0, 0.1) is 5.92 Å². The van der Waals surface area contributed by atoms with E-state index in [0.717, 1.165) is 38.7 Å². The van der Waals surface area contributed by atoms with Gasteiger partial charge in [0.2, 0.25) is 0 Å². The van der Waals surface area contributed by atoms with Crippen LogP contribution < -0.4 is 0 Å². The quantitative estimate of drug-likeness (QED) is 0.704. The summed E-state index contributed by atoms with van der Waals surface area (Å²) in [4.78, 5) is 0. The molecular formula is C14H28O2. The van der Waals surface area contributed by atoms with Crippen molar-refractivity contribution in [2.75, 3.05) is 6.61 Å². The molecule has 0 amide bonds. The molecular weight excluding hydrogens is 200 g/mol. The second-order valence-electron chi connectivity index (χ2n) is 4.91. The lowest BCUT2D eigenvalue weighted by Crippen LogP contribution is -2.56. The first kappa shape index (κ1) is 14.0. The average molecular weight is 228 g/mol. The minimum atomic E-state index is -0.322. The second kappa shape index (κ2) is 5.50. The Morgan fingerprint density at radius 3 is 1.88 bits per heavy atom. The van der Waals surface area contributed by atoms with Gasteiger partial charge in [0.15, 0.2) is 5.79 Å². The van der Waals surface area contributed by atoms with Gasteiger partial charge in [0.25, 0.3) is 0 Å². The van der Waals surface area contributed by atoms with Gasteiger partial charge < -0.3 is 9.47 Å². The maximum absolute atomic E-state index is 6.44. The first-order valence-electron chi connectivity index (χ1n) is 6.96. The third-order valence-electron chi connectivity index (χ3n) is 4.45. The molecule has 0 radical (unpaired) electrons. The fourth-order valence-electron chi connectivity index (χ4n) is 2.95. The lowest BCUT2D eigenvalue weighted by molar-refractivity contribution is -0.352. The summed E-state index contributed by atoms with van der Waals surface area (Å²) in [6.07, 6.45) is 5.22. The fourth-order valence-corrected chi connectivity index (χ4v) is 2.95. The smallest absolute Gasteiger partial charge is 0.168 e. The Kier molecular flexibility index (Phi) is 4.81. The van der Waals surface area contributed by atoms with E-state index < -0.39 is 0 Å². The van der Waals surface area contributed by atoms with Crippen LogP contribution in [0.3, 0.4) is 0 Å². The molecule has 16 heavy (non-hydrogen) atoms. The van der Waals surface area contributed by atoms with Crippen molar-refractivity contribution in [1.29, 1.82) is 0 Å². The Bertz CT molecular complexity index is 205. The van der Waals surface area contributed by atoms with Gasteiger partial charge in [-0.05, 0) is 32.1 Å². The van der Waals surface area contributed by atoms with Crippen molar-refractivity contribution in [3.8, 4) is 0 Å². The van der Waals surface area contributed by atoms with Gasteiger partial charge >= 0.3 is 0 Å². The molecule has 1 rings (SSSR count). The second-order valence-corrected chi connectivity index (χ2v) is 4.91. The summed E-state index contributed by atoms with van der Waals surface area (Å²) in [6, 6.07) is 0. The maximum atomic E-state index is 6.44. The zero-order valence-corrected chi connectivity index (χ0v) is 11.6. The normalized spacial score (nSPS) is 27.9. The number of rotatable bonds is 5. The highest BCUT2D eigenvalue weighted by atomic mass is 16.7. The standard InChI is InChI=1S/C14H28O2/c1-6-12-11-15-14(9-4,10-5)16-13(12,7-2)8-3/h12H,6-11H2,1-5H3. The van der Waals surface area contributed by atoms with E-state index in [1.807, 2.05) is 0 Å². The van der Waals surface area contributed by atoms with E-state index in [0.29, 0.717) is 5.92 Å². The Hall–Kier alpha value is -0.0800. The molecule has 0 bridgehead atoms. The SMILES string of the molecule is CCC1COC(CC)(CC)OC1(CC)CC. The molecule has 1 unspecified atom stereocenters. The van der Waals surface area contributed by atoms with Crippen LogP contribution in [0.25, 0.3) is 0 Å². The monoisotopic (exact) mass is 228 g/mol. The van der Waals surface area contributed by atoms with Crippen molar-refractivity contribution in [2.45, 2.75) is 78.1 Å². The minimum absolute atomic E-state index is 0.0407. The van der Waals surface area contributed by atoms with Crippen LogP contribution in [0.5, 0.6) is 0 Å². The molecule has 1 aliphatic rings. The first-order valence-corrected chi connectivity index (χ1v) is 6.96. The highest BCUT2D eigenvalue weighted by molar-refractivity contribution is 4.92. The lowest BCUT2D eigenvalue weighted by Gasteiger charge is -2.51. The molecule has 1 atom stereocenters. The number of hydrogen-bond donors (Lipinski definition) is 0. The van der Waals surface area contributed by atoms with Gasteiger partial charge in [-0.3, -0.25) is 0 Å². The van der Waals surface area contributed by atoms with Crippen molar-refractivity contribution in [1.82, 2.24) is 0 Å². The maximum Gasteiger partial charge on any atom is 0.168 e. The summed E-state index contributed by atoms with van der Waals surface area (Å²) >= 11 is 0. The molecule has 0 aliphatic carbocycles. The zero-order chi connectivity index (χ0) is 12.2. The Balaban J connectivity index is 2.91. The molecule has 1 saturated heterocycles. The largest absolute Gasteiger partial charge is 0.350 e. The molecule has 0 aromatic carbocycles. The van der Waals surface area contributed by atoms with Crippen LogP contribution in [-0.2, 0) is 9.47 Å². The summed E-state index contributed by atoms with van der Waals surface area (Å²) in [5.74, 6) is 0.228. The molecule has 0 aromatic rings. The van der Waals surface area contributed by atoms with Crippen molar-refractivity contribution in [3.05, 3.63) is 0 Å². The van der Waals surface area contributed by atoms with Crippen molar-refractivity contribution in [3.63, 3.8) is 0 Å². The van der Waals surface area contributed by atoms with Gasteiger partial charge in [0, 0.05) is 5.92 Å². The third-order valence-corrected chi connectivity index (χ3v) is 4.45. The van der Waals surface area contributed by atoms with Crippen LogP contribution in [0.1, 0.15) is 66.7 Å². The van der Waals surface area contributed by atoms with Crippen molar-refractivity contribution in [2.24, 2.45) is 5.92 Å². The molecule has 96 valence electrons. The van der Waals surface area contributed by atoms with E-state index in [4.69, 9.17) is 9.47 Å². The predicted molar refractivity (Wildman–Crippen MR) is 67.4 cm³/mol. The Morgan fingerprint density at radius 2 is 1.50 bits per heavy atom. The van der Waals surface area contributed by atoms with E-state index in [-0.39, 0.29) is 11.4 Å². The van der Waals surface area contributed by atoms with Gasteiger partial charge in [-0.25, -0.2) is 0 Å². The summed E-state index contributed by atoms with van der Waals surface area (Å²) < 4.78 is 12.4. The van der Waals surface area contributed by atoms with E-state index >= 15 is 0 Å². The Labute approximate surface area is 101 Å². The molecule has 1 heterocycles. The van der Waals surface area contributed by atoms with Crippen molar-refractivity contribution < 1.29 is 9.47 Å². The van der Waals surface area contributed by atoms with E-state index in [2.05, 4.69) is 34.6 Å². The molecule has 2 heteroatoms. The molecule has 2 nitrogen and oxygen atoms in total. The van der Waals surface area contributed by atoms with Gasteiger partial charge in [-0.1, -0.05) is 34.6 Å². The van der Waals surface area contributed by atoms with Crippen LogP contribution in [0.15, 0.2) is 0 Å². The zero-order valence-electron chi connectivity index (χ0n) is 11.6. The fraction of sp³-hybridized carbons (Fsp3) is 1.00. The van der Waals surface area contributed by atoms with Crippen LogP contribution in [-0.4, -0.2) is 18.0 Å². The van der Waals surface area contributed by atoms with Gasteiger partial charge in [-0.15, -0.1) is 0 Å². The third kappa shape index (κ3) is 2.28. The summed E-state index contributed by atoms with van der Waals surface area (Å²) in [6.45, 7) is 11.9. The van der Waals surface area contributed by atoms with E-state index in [9.17, 15) is 0 Å². The molecule has 1 aliphatic heterocycles. The lowest BCUT2D eigenvalue weighted by atomic mass is 9.79. The highest BCUT2D eigenvalue weighted by Crippen LogP contribution is 2.43. The number of hydrogen-bond acceptors (Lipinski definition) is 2. The molecule has 0 aromatic heterocycles. The highest BCUT2D eigenvalue weighted by Gasteiger charge is 2.47. The van der Waals surface area contributed by atoms with E-state index in [1.165, 1.54) is 0 Å². The summed E-state index contributed by atoms with van der Waals surface area (Å²) in [5, 5.41) is 0. The average Bonchev–Trinajstić information content (AvgIpc) is 2.37. The predicted octanol–water partition coefficient (Wildman–Crippen LogP) is 4.13. The summed E-state index contributed by atoms with van der Waals surface area (Å²) in [7, 11) is 0. The molecule has 0 saturated carbocycles. The van der Waals surface area contributed by atoms with Gasteiger partial charge in [-0.2, -0.15) is 0 Å². The van der Waals surface area contributed by atoms with Gasteiger partial charge in [0.1, 0.15) is 0 Å². The topological polar surface area (TPSA) is 18.5 Å². The first-order chi connectivity index (χ1) is 7.62.